The average Bonchev–Trinajstić information content (AvgIpc) is 3.15. The highest BCUT2D eigenvalue weighted by molar-refractivity contribution is 5.95. The molecular weight excluding hydrogens is 462 g/mol. The number of ether oxygens (including phenoxy) is 2. The van der Waals surface area contributed by atoms with Crippen LogP contribution >= 0.6 is 0 Å². The van der Waals surface area contributed by atoms with Gasteiger partial charge in [0.25, 0.3) is 5.91 Å². The summed E-state index contributed by atoms with van der Waals surface area (Å²) >= 11 is 0. The second-order valence-electron chi connectivity index (χ2n) is 11.8. The van der Waals surface area contributed by atoms with Gasteiger partial charge < -0.3 is 25.8 Å². The third-order valence-corrected chi connectivity index (χ3v) is 7.82. The van der Waals surface area contributed by atoms with Crippen molar-refractivity contribution in [3.05, 3.63) is 23.5 Å². The van der Waals surface area contributed by atoms with Crippen LogP contribution in [-0.4, -0.2) is 52.2 Å². The summed E-state index contributed by atoms with van der Waals surface area (Å²) in [5.74, 6) is 1.25. The molecule has 4 N–H and O–H groups in total. The number of carbonyl (C=O) groups excluding carboxylic acids is 3. The standard InChI is InChI=1S/C26H39N5O5/c1-15(2)8-20-19(14-28-31(20)7-6-25(3,4)30-24(34)35-5)22(32)29-21-17-9-16-10-18(21)13-26(11-16,12-17)36-23(27)33/h6-7,14-18,21H,8-13H2,1-5H3,(H2,27,33)(H,29,32)(H,30,34)/b7-6+. The van der Waals surface area contributed by atoms with Gasteiger partial charge in [-0.3, -0.25) is 4.79 Å². The number of amides is 3. The van der Waals surface area contributed by atoms with E-state index in [1.165, 1.54) is 7.11 Å². The number of nitrogens with zero attached hydrogens (tertiary/aromatic N) is 2. The molecule has 2 atom stereocenters. The summed E-state index contributed by atoms with van der Waals surface area (Å²) in [5, 5.41) is 10.6. The first-order chi connectivity index (χ1) is 16.9. The molecule has 0 radical (unpaired) electrons. The zero-order chi connectivity index (χ0) is 26.3. The summed E-state index contributed by atoms with van der Waals surface area (Å²) in [5.41, 5.74) is 5.62. The Morgan fingerprint density at radius 3 is 2.50 bits per heavy atom. The van der Waals surface area contributed by atoms with Gasteiger partial charge in [-0.05, 0) is 82.1 Å². The van der Waals surface area contributed by atoms with Gasteiger partial charge in [0.2, 0.25) is 0 Å². The van der Waals surface area contributed by atoms with E-state index in [9.17, 15) is 14.4 Å². The molecule has 4 aliphatic rings. The summed E-state index contributed by atoms with van der Waals surface area (Å²) < 4.78 is 12.0. The smallest absolute Gasteiger partial charge is 0.407 e. The quantitative estimate of drug-likeness (QED) is 0.499. The third-order valence-electron chi connectivity index (χ3n) is 7.82. The fourth-order valence-corrected chi connectivity index (χ4v) is 6.66. The molecule has 198 valence electrons. The maximum Gasteiger partial charge on any atom is 0.407 e. The number of hydrogen-bond acceptors (Lipinski definition) is 6. The largest absolute Gasteiger partial charge is 0.453 e. The highest BCUT2D eigenvalue weighted by Gasteiger charge is 2.57. The minimum Gasteiger partial charge on any atom is -0.453 e. The van der Waals surface area contributed by atoms with Gasteiger partial charge in [0.1, 0.15) is 5.60 Å². The number of alkyl carbamates (subject to hydrolysis) is 1. The Hall–Kier alpha value is -3.04. The van der Waals surface area contributed by atoms with Crippen molar-refractivity contribution in [1.82, 2.24) is 20.4 Å². The number of primary amides is 1. The molecule has 2 unspecified atom stereocenters. The fraction of sp³-hybridized carbons (Fsp3) is 0.692. The van der Waals surface area contributed by atoms with Gasteiger partial charge in [-0.2, -0.15) is 5.10 Å². The van der Waals surface area contributed by atoms with Crippen molar-refractivity contribution in [3.8, 4) is 0 Å². The number of aromatic nitrogens is 2. The predicted molar refractivity (Wildman–Crippen MR) is 134 cm³/mol. The molecular formula is C26H39N5O5. The molecule has 0 aliphatic heterocycles. The Balaban J connectivity index is 1.51. The van der Waals surface area contributed by atoms with Gasteiger partial charge in [-0.1, -0.05) is 13.8 Å². The second kappa shape index (κ2) is 9.78. The monoisotopic (exact) mass is 501 g/mol. The van der Waals surface area contributed by atoms with Crippen LogP contribution in [0.4, 0.5) is 9.59 Å². The molecule has 10 nitrogen and oxygen atoms in total. The van der Waals surface area contributed by atoms with Crippen molar-refractivity contribution in [3.63, 3.8) is 0 Å². The van der Waals surface area contributed by atoms with Crippen LogP contribution < -0.4 is 16.4 Å². The number of hydrogen-bond donors (Lipinski definition) is 3. The Morgan fingerprint density at radius 2 is 1.92 bits per heavy atom. The molecule has 1 aromatic rings. The van der Waals surface area contributed by atoms with Crippen LogP contribution in [0.3, 0.4) is 0 Å². The summed E-state index contributed by atoms with van der Waals surface area (Å²) in [4.78, 5) is 36.7. The van der Waals surface area contributed by atoms with Crippen molar-refractivity contribution < 1.29 is 23.9 Å². The number of nitrogens with two attached hydrogens (primary N) is 1. The predicted octanol–water partition coefficient (Wildman–Crippen LogP) is 3.46. The number of nitrogens with one attached hydrogen (secondary N) is 2. The average molecular weight is 502 g/mol. The lowest BCUT2D eigenvalue weighted by molar-refractivity contribution is -0.137. The molecule has 10 heteroatoms. The third kappa shape index (κ3) is 5.52. The van der Waals surface area contributed by atoms with Gasteiger partial charge >= 0.3 is 12.2 Å². The lowest BCUT2D eigenvalue weighted by atomic mass is 9.52. The molecule has 1 heterocycles. The molecule has 4 bridgehead atoms. The van der Waals surface area contributed by atoms with Crippen molar-refractivity contribution >= 4 is 24.3 Å². The van der Waals surface area contributed by atoms with Crippen LogP contribution in [0.25, 0.3) is 6.20 Å². The van der Waals surface area contributed by atoms with Crippen molar-refractivity contribution in [1.29, 1.82) is 0 Å². The Morgan fingerprint density at radius 1 is 1.25 bits per heavy atom. The molecule has 3 amide bonds. The van der Waals surface area contributed by atoms with Gasteiger partial charge in [-0.25, -0.2) is 14.3 Å². The zero-order valence-electron chi connectivity index (χ0n) is 21.9. The summed E-state index contributed by atoms with van der Waals surface area (Å²) in [6.45, 7) is 7.89. The molecule has 36 heavy (non-hydrogen) atoms. The number of carbonyl (C=O) groups is 3. The first kappa shape index (κ1) is 26.0. The van der Waals surface area contributed by atoms with Gasteiger partial charge in [-0.15, -0.1) is 0 Å². The van der Waals surface area contributed by atoms with E-state index in [0.29, 0.717) is 23.8 Å². The number of methoxy groups -OCH3 is 1. The molecule has 0 saturated heterocycles. The Labute approximate surface area is 212 Å². The highest BCUT2D eigenvalue weighted by Crippen LogP contribution is 2.57. The summed E-state index contributed by atoms with van der Waals surface area (Å²) in [6.07, 6.45) is 9.10. The van der Waals surface area contributed by atoms with Gasteiger partial charge in [0.15, 0.2) is 0 Å². The molecule has 0 aromatic carbocycles. The van der Waals surface area contributed by atoms with Crippen molar-refractivity contribution in [2.75, 3.05) is 7.11 Å². The van der Waals surface area contributed by atoms with E-state index in [1.54, 1.807) is 17.1 Å². The van der Waals surface area contributed by atoms with E-state index in [2.05, 4.69) is 29.6 Å². The Bertz CT molecular complexity index is 1030. The molecule has 4 saturated carbocycles. The number of rotatable bonds is 8. The van der Waals surface area contributed by atoms with Crippen LogP contribution in [0.1, 0.15) is 75.9 Å². The molecule has 0 spiro atoms. The van der Waals surface area contributed by atoms with Crippen LogP contribution in [0, 0.1) is 23.7 Å². The maximum atomic E-state index is 13.5. The first-order valence-electron chi connectivity index (χ1n) is 12.8. The SMILES string of the molecule is COC(=O)NC(C)(C)/C=C/n1ncc(C(=O)NC2C3CC4CC2CC(OC(N)=O)(C4)C3)c1CC(C)C. The van der Waals surface area contributed by atoms with E-state index in [4.69, 9.17) is 15.2 Å². The molecule has 4 aliphatic carbocycles. The molecule has 4 fully saturated rings. The second-order valence-corrected chi connectivity index (χ2v) is 11.8. The van der Waals surface area contributed by atoms with E-state index in [0.717, 1.165) is 37.8 Å². The van der Waals surface area contributed by atoms with E-state index >= 15 is 0 Å². The van der Waals surface area contributed by atoms with Crippen LogP contribution in [0.2, 0.25) is 0 Å². The van der Waals surface area contributed by atoms with Crippen LogP contribution in [0.5, 0.6) is 0 Å². The normalized spacial score (nSPS) is 28.9. The van der Waals surface area contributed by atoms with Gasteiger partial charge in [0, 0.05) is 12.2 Å². The van der Waals surface area contributed by atoms with E-state index in [-0.39, 0.29) is 23.8 Å². The minimum atomic E-state index is -0.707. The zero-order valence-corrected chi connectivity index (χ0v) is 21.9. The molecule has 1 aromatic heterocycles. The minimum absolute atomic E-state index is 0.0487. The maximum absolute atomic E-state index is 13.5. The topological polar surface area (TPSA) is 138 Å². The highest BCUT2D eigenvalue weighted by atomic mass is 16.6. The van der Waals surface area contributed by atoms with E-state index in [1.807, 2.05) is 19.9 Å². The van der Waals surface area contributed by atoms with Crippen molar-refractivity contribution in [2.24, 2.45) is 29.4 Å². The summed E-state index contributed by atoms with van der Waals surface area (Å²) in [7, 11) is 1.32. The van der Waals surface area contributed by atoms with Crippen LogP contribution in [0.15, 0.2) is 12.3 Å². The molecule has 5 rings (SSSR count). The summed E-state index contributed by atoms with van der Waals surface area (Å²) in [6, 6.07) is 0.0487. The van der Waals surface area contributed by atoms with Crippen LogP contribution in [-0.2, 0) is 15.9 Å². The Kier molecular flexibility index (Phi) is 7.07. The fourth-order valence-electron chi connectivity index (χ4n) is 6.66. The van der Waals surface area contributed by atoms with E-state index < -0.39 is 23.3 Å². The first-order valence-corrected chi connectivity index (χ1v) is 12.8. The van der Waals surface area contributed by atoms with Crippen molar-refractivity contribution in [2.45, 2.75) is 83.4 Å². The lowest BCUT2D eigenvalue weighted by Gasteiger charge is -2.58. The lowest BCUT2D eigenvalue weighted by Crippen LogP contribution is -2.63. The van der Waals surface area contributed by atoms with Gasteiger partial charge in [0.05, 0.1) is 30.1 Å².